The van der Waals surface area contributed by atoms with Crippen LogP contribution in [0.3, 0.4) is 0 Å². The molecule has 1 saturated heterocycles. The smallest absolute Gasteiger partial charge is 0.233 e. The molecular formula is C15H15N3OS. The summed E-state index contributed by atoms with van der Waals surface area (Å²) in [6.45, 7) is 0.697. The van der Waals surface area contributed by atoms with Crippen LogP contribution in [-0.2, 0) is 11.2 Å². The van der Waals surface area contributed by atoms with E-state index >= 15 is 0 Å². The van der Waals surface area contributed by atoms with Crippen molar-refractivity contribution in [3.05, 3.63) is 60.2 Å². The highest BCUT2D eigenvalue weighted by atomic mass is 32.2. The lowest BCUT2D eigenvalue weighted by Crippen LogP contribution is -2.30. The van der Waals surface area contributed by atoms with Crippen LogP contribution in [-0.4, -0.2) is 33.1 Å². The summed E-state index contributed by atoms with van der Waals surface area (Å²) in [5, 5.41) is 0.0833. The van der Waals surface area contributed by atoms with Crippen LogP contribution >= 0.6 is 11.8 Å². The number of pyridine rings is 2. The van der Waals surface area contributed by atoms with Crippen molar-refractivity contribution in [2.45, 2.75) is 11.8 Å². The fourth-order valence-electron chi connectivity index (χ4n) is 2.28. The number of amides is 1. The Morgan fingerprint density at radius 2 is 2.20 bits per heavy atom. The number of thioether (sulfide) groups is 1. The lowest BCUT2D eigenvalue weighted by atomic mass is 10.2. The van der Waals surface area contributed by atoms with E-state index in [1.54, 1.807) is 24.2 Å². The van der Waals surface area contributed by atoms with Crippen LogP contribution in [0.4, 0.5) is 0 Å². The molecule has 102 valence electrons. The molecule has 1 fully saturated rings. The summed E-state index contributed by atoms with van der Waals surface area (Å²) >= 11 is 1.66. The van der Waals surface area contributed by atoms with E-state index in [9.17, 15) is 4.79 Å². The second-order valence-corrected chi connectivity index (χ2v) is 5.68. The van der Waals surface area contributed by atoms with Crippen molar-refractivity contribution >= 4 is 17.7 Å². The van der Waals surface area contributed by atoms with Crippen molar-refractivity contribution in [2.24, 2.45) is 0 Å². The maximum atomic E-state index is 12.0. The van der Waals surface area contributed by atoms with Crippen molar-refractivity contribution < 1.29 is 4.79 Å². The molecule has 1 aliphatic rings. The van der Waals surface area contributed by atoms with Crippen molar-refractivity contribution in [3.63, 3.8) is 0 Å². The molecule has 0 spiro atoms. The molecule has 1 aliphatic heterocycles. The third-order valence-corrected chi connectivity index (χ3v) is 4.53. The third kappa shape index (κ3) is 2.82. The molecule has 0 aliphatic carbocycles. The SMILES string of the molecule is O=C1CS[C@H](c2cccnc2)N1CCc1ccccn1. The Kier molecular flexibility index (Phi) is 3.97. The van der Waals surface area contributed by atoms with Gasteiger partial charge in [-0.1, -0.05) is 12.1 Å². The molecule has 0 saturated carbocycles. The predicted octanol–water partition coefficient (Wildman–Crippen LogP) is 2.29. The Morgan fingerprint density at radius 3 is 2.95 bits per heavy atom. The monoisotopic (exact) mass is 285 g/mol. The van der Waals surface area contributed by atoms with Gasteiger partial charge in [-0.05, 0) is 18.2 Å². The molecule has 0 unspecified atom stereocenters. The number of hydrogen-bond donors (Lipinski definition) is 0. The quantitative estimate of drug-likeness (QED) is 0.864. The van der Waals surface area contributed by atoms with Gasteiger partial charge in [0.1, 0.15) is 5.37 Å². The summed E-state index contributed by atoms with van der Waals surface area (Å²) < 4.78 is 0. The van der Waals surface area contributed by atoms with E-state index in [0.29, 0.717) is 12.3 Å². The first-order valence-corrected chi connectivity index (χ1v) is 7.60. The standard InChI is InChI=1S/C15H15N3OS/c19-14-11-20-15(12-4-3-7-16-10-12)18(14)9-6-13-5-1-2-8-17-13/h1-5,7-8,10,15H,6,9,11H2/t15-/m1/s1. The maximum absolute atomic E-state index is 12.0. The minimum absolute atomic E-state index is 0.0833. The zero-order valence-electron chi connectivity index (χ0n) is 11.0. The first-order chi connectivity index (χ1) is 9.84. The Hall–Kier alpha value is -1.88. The number of carbonyl (C=O) groups excluding carboxylic acids is 1. The van der Waals surface area contributed by atoms with Crippen molar-refractivity contribution in [1.29, 1.82) is 0 Å². The highest BCUT2D eigenvalue weighted by Crippen LogP contribution is 2.38. The van der Waals surface area contributed by atoms with Gasteiger partial charge in [0.2, 0.25) is 5.91 Å². The summed E-state index contributed by atoms with van der Waals surface area (Å²) in [7, 11) is 0. The molecule has 0 radical (unpaired) electrons. The molecule has 5 heteroatoms. The molecule has 0 N–H and O–H groups in total. The van der Waals surface area contributed by atoms with Crippen LogP contribution in [0.1, 0.15) is 16.6 Å². The van der Waals surface area contributed by atoms with E-state index in [4.69, 9.17) is 0 Å². The van der Waals surface area contributed by atoms with E-state index < -0.39 is 0 Å². The highest BCUT2D eigenvalue weighted by molar-refractivity contribution is 8.00. The predicted molar refractivity (Wildman–Crippen MR) is 79.1 cm³/mol. The van der Waals surface area contributed by atoms with Gasteiger partial charge in [0.25, 0.3) is 0 Å². The van der Waals surface area contributed by atoms with Gasteiger partial charge in [0, 0.05) is 42.8 Å². The van der Waals surface area contributed by atoms with Gasteiger partial charge in [0.05, 0.1) is 5.75 Å². The first kappa shape index (κ1) is 13.1. The number of hydrogen-bond acceptors (Lipinski definition) is 4. The van der Waals surface area contributed by atoms with Crippen molar-refractivity contribution in [3.8, 4) is 0 Å². The number of nitrogens with zero attached hydrogens (tertiary/aromatic N) is 3. The highest BCUT2D eigenvalue weighted by Gasteiger charge is 2.32. The molecule has 0 bridgehead atoms. The summed E-state index contributed by atoms with van der Waals surface area (Å²) in [4.78, 5) is 22.4. The maximum Gasteiger partial charge on any atom is 0.233 e. The first-order valence-electron chi connectivity index (χ1n) is 6.55. The lowest BCUT2D eigenvalue weighted by Gasteiger charge is -2.23. The van der Waals surface area contributed by atoms with Crippen LogP contribution in [0, 0.1) is 0 Å². The average molecular weight is 285 g/mol. The molecule has 2 aromatic heterocycles. The van der Waals surface area contributed by atoms with Gasteiger partial charge >= 0.3 is 0 Å². The summed E-state index contributed by atoms with van der Waals surface area (Å²) in [6.07, 6.45) is 6.16. The molecule has 20 heavy (non-hydrogen) atoms. The Labute approximate surface area is 122 Å². The van der Waals surface area contributed by atoms with Gasteiger partial charge in [-0.15, -0.1) is 11.8 Å². The van der Waals surface area contributed by atoms with Crippen LogP contribution in [0.2, 0.25) is 0 Å². The molecule has 1 amide bonds. The Bertz CT molecular complexity index is 576. The topological polar surface area (TPSA) is 46.1 Å². The lowest BCUT2D eigenvalue weighted by molar-refractivity contribution is -0.128. The van der Waals surface area contributed by atoms with Crippen LogP contribution in [0.15, 0.2) is 48.9 Å². The zero-order chi connectivity index (χ0) is 13.8. The second-order valence-electron chi connectivity index (χ2n) is 4.61. The van der Waals surface area contributed by atoms with E-state index in [1.165, 1.54) is 0 Å². The normalized spacial score (nSPS) is 18.5. The van der Waals surface area contributed by atoms with Gasteiger partial charge in [-0.3, -0.25) is 14.8 Å². The van der Waals surface area contributed by atoms with E-state index in [1.807, 2.05) is 41.4 Å². The number of carbonyl (C=O) groups is 1. The van der Waals surface area contributed by atoms with Crippen LogP contribution < -0.4 is 0 Å². The average Bonchev–Trinajstić information content (AvgIpc) is 2.88. The summed E-state index contributed by atoms with van der Waals surface area (Å²) in [6, 6.07) is 9.81. The Balaban J connectivity index is 1.71. The van der Waals surface area contributed by atoms with E-state index in [2.05, 4.69) is 9.97 Å². The Morgan fingerprint density at radius 1 is 1.25 bits per heavy atom. The van der Waals surface area contributed by atoms with Crippen molar-refractivity contribution in [1.82, 2.24) is 14.9 Å². The van der Waals surface area contributed by atoms with E-state index in [0.717, 1.165) is 17.7 Å². The summed E-state index contributed by atoms with van der Waals surface area (Å²) in [5.74, 6) is 0.738. The van der Waals surface area contributed by atoms with Crippen LogP contribution in [0.25, 0.3) is 0 Å². The third-order valence-electron chi connectivity index (χ3n) is 3.27. The second kappa shape index (κ2) is 6.05. The molecule has 1 atom stereocenters. The molecule has 4 nitrogen and oxygen atoms in total. The minimum atomic E-state index is 0.0833. The zero-order valence-corrected chi connectivity index (χ0v) is 11.8. The molecule has 2 aromatic rings. The number of aromatic nitrogens is 2. The van der Waals surface area contributed by atoms with Gasteiger partial charge in [0.15, 0.2) is 0 Å². The minimum Gasteiger partial charge on any atom is -0.325 e. The summed E-state index contributed by atoms with van der Waals surface area (Å²) in [5.41, 5.74) is 2.10. The van der Waals surface area contributed by atoms with Crippen molar-refractivity contribution in [2.75, 3.05) is 12.3 Å². The number of rotatable bonds is 4. The van der Waals surface area contributed by atoms with Crippen LogP contribution in [0.5, 0.6) is 0 Å². The molecule has 0 aromatic carbocycles. The fourth-order valence-corrected chi connectivity index (χ4v) is 3.48. The molecule has 3 heterocycles. The van der Waals surface area contributed by atoms with Gasteiger partial charge < -0.3 is 4.90 Å². The van der Waals surface area contributed by atoms with Gasteiger partial charge in [-0.25, -0.2) is 0 Å². The molecular weight excluding hydrogens is 270 g/mol. The van der Waals surface area contributed by atoms with Gasteiger partial charge in [-0.2, -0.15) is 0 Å². The molecule has 3 rings (SSSR count). The largest absolute Gasteiger partial charge is 0.325 e. The fraction of sp³-hybridized carbons (Fsp3) is 0.267. The van der Waals surface area contributed by atoms with E-state index in [-0.39, 0.29) is 11.3 Å².